The monoisotopic (exact) mass is 234 g/mol. The van der Waals surface area contributed by atoms with Crippen LogP contribution in [0.4, 0.5) is 11.4 Å². The fourth-order valence-corrected chi connectivity index (χ4v) is 2.46. The van der Waals surface area contributed by atoms with Crippen LogP contribution in [0.15, 0.2) is 18.2 Å². The van der Waals surface area contributed by atoms with Crippen molar-refractivity contribution in [2.45, 2.75) is 44.6 Å². The van der Waals surface area contributed by atoms with Crippen molar-refractivity contribution in [1.82, 2.24) is 0 Å². The van der Waals surface area contributed by atoms with E-state index in [9.17, 15) is 0 Å². The Morgan fingerprint density at radius 1 is 1.18 bits per heavy atom. The Labute approximate surface area is 103 Å². The lowest BCUT2D eigenvalue weighted by molar-refractivity contribution is 0.417. The van der Waals surface area contributed by atoms with Crippen molar-refractivity contribution in [2.75, 3.05) is 18.2 Å². The Bertz CT molecular complexity index is 357. The third kappa shape index (κ3) is 3.29. The molecule has 1 fully saturated rings. The second kappa shape index (κ2) is 5.80. The molecule has 0 heterocycles. The molecule has 0 atom stereocenters. The molecule has 2 rings (SSSR count). The molecule has 1 saturated carbocycles. The molecule has 3 N–H and O–H groups in total. The van der Waals surface area contributed by atoms with Crippen LogP contribution in [-0.2, 0) is 0 Å². The first-order valence-corrected chi connectivity index (χ1v) is 6.49. The lowest BCUT2D eigenvalue weighted by atomic mass is 10.1. The second-order valence-corrected chi connectivity index (χ2v) is 4.79. The summed E-state index contributed by atoms with van der Waals surface area (Å²) in [5.74, 6) is 0.753. The van der Waals surface area contributed by atoms with E-state index in [1.807, 2.05) is 18.2 Å². The Morgan fingerprint density at radius 2 is 1.88 bits per heavy atom. The fraction of sp³-hybridized carbons (Fsp3) is 0.571. The van der Waals surface area contributed by atoms with E-state index in [1.54, 1.807) is 7.11 Å². The van der Waals surface area contributed by atoms with Crippen molar-refractivity contribution >= 4 is 11.4 Å². The quantitative estimate of drug-likeness (QED) is 0.622. The average molecular weight is 234 g/mol. The number of anilines is 2. The van der Waals surface area contributed by atoms with Gasteiger partial charge in [0.05, 0.1) is 12.8 Å². The highest BCUT2D eigenvalue weighted by atomic mass is 16.5. The Kier molecular flexibility index (Phi) is 4.13. The maximum absolute atomic E-state index is 5.81. The molecule has 0 bridgehead atoms. The highest BCUT2D eigenvalue weighted by Crippen LogP contribution is 2.27. The fourth-order valence-electron chi connectivity index (χ4n) is 2.46. The van der Waals surface area contributed by atoms with Crippen LogP contribution < -0.4 is 15.8 Å². The van der Waals surface area contributed by atoms with Crippen molar-refractivity contribution in [3.63, 3.8) is 0 Å². The molecule has 3 nitrogen and oxygen atoms in total. The lowest BCUT2D eigenvalue weighted by Crippen LogP contribution is -2.18. The van der Waals surface area contributed by atoms with Gasteiger partial charge in [-0.2, -0.15) is 0 Å². The van der Waals surface area contributed by atoms with Gasteiger partial charge in [0.1, 0.15) is 5.75 Å². The number of hydrogen-bond donors (Lipinski definition) is 2. The van der Waals surface area contributed by atoms with Crippen LogP contribution in [0.25, 0.3) is 0 Å². The largest absolute Gasteiger partial charge is 0.495 e. The van der Waals surface area contributed by atoms with Crippen LogP contribution in [0, 0.1) is 0 Å². The van der Waals surface area contributed by atoms with Gasteiger partial charge >= 0.3 is 0 Å². The Morgan fingerprint density at radius 3 is 2.53 bits per heavy atom. The van der Waals surface area contributed by atoms with E-state index in [2.05, 4.69) is 5.32 Å². The van der Waals surface area contributed by atoms with Crippen LogP contribution in [0.2, 0.25) is 0 Å². The summed E-state index contributed by atoms with van der Waals surface area (Å²) in [6.07, 6.45) is 7.97. The topological polar surface area (TPSA) is 47.3 Å². The molecule has 0 unspecified atom stereocenters. The van der Waals surface area contributed by atoms with Crippen LogP contribution in [0.1, 0.15) is 38.5 Å². The number of benzene rings is 1. The molecule has 1 aromatic rings. The van der Waals surface area contributed by atoms with E-state index in [0.717, 1.165) is 11.4 Å². The van der Waals surface area contributed by atoms with Gasteiger partial charge < -0.3 is 15.8 Å². The predicted molar refractivity (Wildman–Crippen MR) is 72.5 cm³/mol. The van der Waals surface area contributed by atoms with E-state index in [-0.39, 0.29) is 0 Å². The minimum absolute atomic E-state index is 0.603. The molecule has 0 amide bonds. The standard InChI is InChI=1S/C14H22N2O/c1-17-14-10-12(8-9-13(14)15)16-11-6-4-2-3-5-7-11/h8-11,16H,2-7,15H2,1H3. The van der Waals surface area contributed by atoms with Gasteiger partial charge in [0.15, 0.2) is 0 Å². The third-order valence-corrected chi connectivity index (χ3v) is 3.46. The first kappa shape index (κ1) is 12.1. The molecule has 94 valence electrons. The summed E-state index contributed by atoms with van der Waals surface area (Å²) >= 11 is 0. The zero-order valence-corrected chi connectivity index (χ0v) is 10.5. The van der Waals surface area contributed by atoms with Gasteiger partial charge in [0.25, 0.3) is 0 Å². The van der Waals surface area contributed by atoms with Gasteiger partial charge in [0.2, 0.25) is 0 Å². The highest BCUT2D eigenvalue weighted by Gasteiger charge is 2.12. The minimum Gasteiger partial charge on any atom is -0.495 e. The molecule has 0 aromatic heterocycles. The number of methoxy groups -OCH3 is 1. The Hall–Kier alpha value is -1.38. The van der Waals surface area contributed by atoms with Gasteiger partial charge in [-0.3, -0.25) is 0 Å². The van der Waals surface area contributed by atoms with E-state index in [0.29, 0.717) is 11.7 Å². The molecule has 0 radical (unpaired) electrons. The van der Waals surface area contributed by atoms with Crippen LogP contribution in [-0.4, -0.2) is 13.2 Å². The molecule has 3 heteroatoms. The number of nitrogens with one attached hydrogen (secondary N) is 1. The normalized spacial score (nSPS) is 17.5. The summed E-state index contributed by atoms with van der Waals surface area (Å²) < 4.78 is 5.23. The summed E-state index contributed by atoms with van der Waals surface area (Å²) in [4.78, 5) is 0. The SMILES string of the molecule is COc1cc(NC2CCCCCC2)ccc1N. The maximum Gasteiger partial charge on any atom is 0.143 e. The molecule has 17 heavy (non-hydrogen) atoms. The van der Waals surface area contributed by atoms with Crippen LogP contribution >= 0.6 is 0 Å². The number of nitrogen functional groups attached to an aromatic ring is 1. The number of rotatable bonds is 3. The van der Waals surface area contributed by atoms with E-state index >= 15 is 0 Å². The van der Waals surface area contributed by atoms with E-state index < -0.39 is 0 Å². The van der Waals surface area contributed by atoms with Gasteiger partial charge in [-0.1, -0.05) is 25.7 Å². The summed E-state index contributed by atoms with van der Waals surface area (Å²) in [6, 6.07) is 6.52. The highest BCUT2D eigenvalue weighted by molar-refractivity contribution is 5.61. The van der Waals surface area contributed by atoms with Gasteiger partial charge in [-0.25, -0.2) is 0 Å². The van der Waals surface area contributed by atoms with Crippen LogP contribution in [0.5, 0.6) is 5.75 Å². The van der Waals surface area contributed by atoms with Gasteiger partial charge in [-0.05, 0) is 25.0 Å². The van der Waals surface area contributed by atoms with Crippen molar-refractivity contribution < 1.29 is 4.74 Å². The smallest absolute Gasteiger partial charge is 0.143 e. The lowest BCUT2D eigenvalue weighted by Gasteiger charge is -2.18. The second-order valence-electron chi connectivity index (χ2n) is 4.79. The maximum atomic E-state index is 5.81. The number of hydrogen-bond acceptors (Lipinski definition) is 3. The summed E-state index contributed by atoms with van der Waals surface area (Å²) in [5, 5.41) is 3.59. The van der Waals surface area contributed by atoms with Gasteiger partial charge in [-0.15, -0.1) is 0 Å². The molecule has 0 aliphatic heterocycles. The molecule has 1 aliphatic carbocycles. The molecular weight excluding hydrogens is 212 g/mol. The summed E-state index contributed by atoms with van der Waals surface area (Å²) in [5.41, 5.74) is 7.61. The van der Waals surface area contributed by atoms with Crippen molar-refractivity contribution in [3.05, 3.63) is 18.2 Å². The van der Waals surface area contributed by atoms with Crippen molar-refractivity contribution in [3.8, 4) is 5.75 Å². The third-order valence-electron chi connectivity index (χ3n) is 3.46. The number of ether oxygens (including phenoxy) is 1. The molecule has 1 aliphatic rings. The first-order chi connectivity index (χ1) is 8.29. The Balaban J connectivity index is 2.01. The summed E-state index contributed by atoms with van der Waals surface area (Å²) in [7, 11) is 1.65. The molecular formula is C14H22N2O. The predicted octanol–water partition coefficient (Wildman–Crippen LogP) is 3.41. The van der Waals surface area contributed by atoms with Crippen molar-refractivity contribution in [2.24, 2.45) is 0 Å². The van der Waals surface area contributed by atoms with E-state index in [4.69, 9.17) is 10.5 Å². The van der Waals surface area contributed by atoms with E-state index in [1.165, 1.54) is 38.5 Å². The minimum atomic E-state index is 0.603. The van der Waals surface area contributed by atoms with Crippen molar-refractivity contribution in [1.29, 1.82) is 0 Å². The molecule has 1 aromatic carbocycles. The average Bonchev–Trinajstić information content (AvgIpc) is 2.60. The van der Waals surface area contributed by atoms with Crippen LogP contribution in [0.3, 0.4) is 0 Å². The zero-order valence-electron chi connectivity index (χ0n) is 10.5. The van der Waals surface area contributed by atoms with Gasteiger partial charge in [0, 0.05) is 17.8 Å². The molecule has 0 spiro atoms. The first-order valence-electron chi connectivity index (χ1n) is 6.49. The zero-order chi connectivity index (χ0) is 12.1. The summed E-state index contributed by atoms with van der Waals surface area (Å²) in [6.45, 7) is 0. The number of nitrogens with two attached hydrogens (primary N) is 1. The molecule has 0 saturated heterocycles.